The number of nitrogens with zero attached hydrogens (tertiary/aromatic N) is 1. The third-order valence-corrected chi connectivity index (χ3v) is 9.08. The van der Waals surface area contributed by atoms with Crippen molar-refractivity contribution in [3.05, 3.63) is 65.5 Å². The number of rotatable bonds is 9. The van der Waals surface area contributed by atoms with Crippen molar-refractivity contribution >= 4 is 29.4 Å². The third-order valence-electron chi connectivity index (χ3n) is 6.07. The fourth-order valence-corrected chi connectivity index (χ4v) is 6.98. The van der Waals surface area contributed by atoms with Gasteiger partial charge in [-0.25, -0.2) is 4.39 Å². The molecule has 0 aliphatic carbocycles. The normalized spacial score (nSPS) is 21.2. The molecule has 8 heteroatoms. The van der Waals surface area contributed by atoms with Gasteiger partial charge in [0.2, 0.25) is 0 Å². The molecule has 2 aromatic rings. The average molecular weight is 490 g/mol. The van der Waals surface area contributed by atoms with Crippen molar-refractivity contribution in [2.75, 3.05) is 31.7 Å². The number of carbonyl (C=O) groups is 1. The van der Waals surface area contributed by atoms with Gasteiger partial charge in [0, 0.05) is 25.7 Å². The number of ether oxygens (including phenoxy) is 1. The topological polar surface area (TPSA) is 53.6 Å². The second kappa shape index (κ2) is 12.1. The van der Waals surface area contributed by atoms with Crippen molar-refractivity contribution in [3.63, 3.8) is 0 Å². The standard InChI is InChI=1S/C25H32FN3O2S2/c1-29(13-2-4-21-16-23(28-27-21)18-5-9-20(26)10-6-18)24(30)17-31-22-11-7-19(8-12-22)25-32-14-3-15-33-25/h5-12,21,23,25,27-28H,2-4,13-17H2,1H3. The summed E-state index contributed by atoms with van der Waals surface area (Å²) in [7, 11) is 1.83. The van der Waals surface area contributed by atoms with E-state index in [4.69, 9.17) is 4.74 Å². The second-order valence-electron chi connectivity index (χ2n) is 8.57. The Morgan fingerprint density at radius 3 is 2.48 bits per heavy atom. The molecule has 0 saturated carbocycles. The van der Waals surface area contributed by atoms with Gasteiger partial charge in [-0.1, -0.05) is 24.3 Å². The molecule has 5 nitrogen and oxygen atoms in total. The zero-order chi connectivity index (χ0) is 23.0. The highest BCUT2D eigenvalue weighted by atomic mass is 32.2. The Morgan fingerprint density at radius 2 is 1.76 bits per heavy atom. The van der Waals surface area contributed by atoms with Crippen molar-refractivity contribution in [2.24, 2.45) is 0 Å². The average Bonchev–Trinajstić information content (AvgIpc) is 3.32. The first-order chi connectivity index (χ1) is 16.1. The number of carbonyl (C=O) groups excluding carboxylic acids is 1. The van der Waals surface area contributed by atoms with Gasteiger partial charge in [-0.15, -0.1) is 23.5 Å². The van der Waals surface area contributed by atoms with Crippen LogP contribution in [0.4, 0.5) is 4.39 Å². The maximum atomic E-state index is 13.1. The highest BCUT2D eigenvalue weighted by molar-refractivity contribution is 8.16. The van der Waals surface area contributed by atoms with Crippen LogP contribution in [-0.2, 0) is 4.79 Å². The van der Waals surface area contributed by atoms with E-state index >= 15 is 0 Å². The number of benzene rings is 2. The van der Waals surface area contributed by atoms with Gasteiger partial charge in [0.05, 0.1) is 4.58 Å². The molecule has 0 aromatic heterocycles. The Kier molecular flexibility index (Phi) is 8.95. The van der Waals surface area contributed by atoms with Crippen LogP contribution in [0.25, 0.3) is 0 Å². The zero-order valence-electron chi connectivity index (χ0n) is 19.0. The summed E-state index contributed by atoms with van der Waals surface area (Å²) in [6.07, 6.45) is 4.10. The van der Waals surface area contributed by atoms with Gasteiger partial charge in [-0.05, 0) is 72.6 Å². The van der Waals surface area contributed by atoms with Crippen LogP contribution in [0.1, 0.15) is 47.4 Å². The lowest BCUT2D eigenvalue weighted by atomic mass is 9.99. The molecule has 0 spiro atoms. The van der Waals surface area contributed by atoms with E-state index in [0.717, 1.165) is 30.6 Å². The first-order valence-electron chi connectivity index (χ1n) is 11.5. The van der Waals surface area contributed by atoms with E-state index in [-0.39, 0.29) is 24.4 Å². The number of hydrogen-bond acceptors (Lipinski definition) is 6. The maximum Gasteiger partial charge on any atom is 0.260 e. The Labute approximate surface area is 204 Å². The summed E-state index contributed by atoms with van der Waals surface area (Å²) in [5.41, 5.74) is 9.01. The predicted molar refractivity (Wildman–Crippen MR) is 135 cm³/mol. The number of halogens is 1. The highest BCUT2D eigenvalue weighted by Gasteiger charge is 2.25. The van der Waals surface area contributed by atoms with Crippen LogP contribution in [0.5, 0.6) is 5.75 Å². The van der Waals surface area contributed by atoms with Gasteiger partial charge in [0.1, 0.15) is 11.6 Å². The minimum Gasteiger partial charge on any atom is -0.484 e. The minimum absolute atomic E-state index is 0.0147. The molecule has 0 radical (unpaired) electrons. The highest BCUT2D eigenvalue weighted by Crippen LogP contribution is 2.43. The van der Waals surface area contributed by atoms with Crippen LogP contribution in [0.15, 0.2) is 48.5 Å². The van der Waals surface area contributed by atoms with Gasteiger partial charge >= 0.3 is 0 Å². The zero-order valence-corrected chi connectivity index (χ0v) is 20.6. The summed E-state index contributed by atoms with van der Waals surface area (Å²) in [4.78, 5) is 14.2. The lowest BCUT2D eigenvalue weighted by Crippen LogP contribution is -2.34. The van der Waals surface area contributed by atoms with Gasteiger partial charge in [-0.2, -0.15) is 0 Å². The molecule has 1 amide bonds. The van der Waals surface area contributed by atoms with Crippen molar-refractivity contribution in [2.45, 2.75) is 42.3 Å². The molecule has 4 rings (SSSR count). The number of likely N-dealkylation sites (N-methyl/N-ethyl adjacent to an activating group) is 1. The van der Waals surface area contributed by atoms with E-state index in [0.29, 0.717) is 17.2 Å². The number of thioether (sulfide) groups is 2. The van der Waals surface area contributed by atoms with Crippen LogP contribution in [-0.4, -0.2) is 48.6 Å². The summed E-state index contributed by atoms with van der Waals surface area (Å²) < 4.78 is 19.4. The van der Waals surface area contributed by atoms with Gasteiger partial charge in [-0.3, -0.25) is 15.6 Å². The number of nitrogens with one attached hydrogen (secondary N) is 2. The van der Waals surface area contributed by atoms with Crippen molar-refractivity contribution in [3.8, 4) is 5.75 Å². The molecule has 2 fully saturated rings. The predicted octanol–water partition coefficient (Wildman–Crippen LogP) is 4.92. The Balaban J connectivity index is 1.13. The van der Waals surface area contributed by atoms with Crippen molar-refractivity contribution < 1.29 is 13.9 Å². The van der Waals surface area contributed by atoms with Gasteiger partial charge < -0.3 is 9.64 Å². The Morgan fingerprint density at radius 1 is 1.06 bits per heavy atom. The number of amides is 1. The summed E-state index contributed by atoms with van der Waals surface area (Å²) in [6.45, 7) is 0.745. The van der Waals surface area contributed by atoms with E-state index < -0.39 is 0 Å². The monoisotopic (exact) mass is 489 g/mol. The molecule has 2 aliphatic heterocycles. The summed E-state index contributed by atoms with van der Waals surface area (Å²) in [6, 6.07) is 15.3. The van der Waals surface area contributed by atoms with Crippen LogP contribution < -0.4 is 15.6 Å². The van der Waals surface area contributed by atoms with Crippen molar-refractivity contribution in [1.29, 1.82) is 0 Å². The number of hydrogen-bond donors (Lipinski definition) is 2. The summed E-state index contributed by atoms with van der Waals surface area (Å²) in [5.74, 6) is 2.95. The summed E-state index contributed by atoms with van der Waals surface area (Å²) >= 11 is 4.00. The van der Waals surface area contributed by atoms with E-state index in [1.165, 1.54) is 35.6 Å². The SMILES string of the molecule is CN(CCCC1CC(c2ccc(F)cc2)NN1)C(=O)COc1ccc(C2SCCCS2)cc1. The molecule has 2 aromatic carbocycles. The Bertz CT molecular complexity index is 892. The van der Waals surface area contributed by atoms with E-state index in [2.05, 4.69) is 23.0 Å². The first kappa shape index (κ1) is 24.4. The van der Waals surface area contributed by atoms with E-state index in [1.807, 2.05) is 54.8 Å². The molecular weight excluding hydrogens is 457 g/mol. The Hall–Kier alpha value is -1.74. The molecule has 2 aliphatic rings. The quantitative estimate of drug-likeness (QED) is 0.522. The molecule has 178 valence electrons. The summed E-state index contributed by atoms with van der Waals surface area (Å²) in [5, 5.41) is 0. The molecule has 0 bridgehead atoms. The smallest absolute Gasteiger partial charge is 0.260 e. The van der Waals surface area contributed by atoms with Crippen LogP contribution in [0.2, 0.25) is 0 Å². The molecular formula is C25H32FN3O2S2. The molecule has 2 unspecified atom stereocenters. The molecule has 33 heavy (non-hydrogen) atoms. The van der Waals surface area contributed by atoms with Crippen LogP contribution in [0, 0.1) is 5.82 Å². The fourth-order valence-electron chi connectivity index (χ4n) is 4.08. The van der Waals surface area contributed by atoms with Crippen LogP contribution in [0.3, 0.4) is 0 Å². The third kappa shape index (κ3) is 7.12. The lowest BCUT2D eigenvalue weighted by molar-refractivity contribution is -0.132. The molecule has 2 heterocycles. The maximum absolute atomic E-state index is 13.1. The second-order valence-corrected chi connectivity index (χ2v) is 11.3. The molecule has 2 atom stereocenters. The van der Waals surface area contributed by atoms with Crippen LogP contribution >= 0.6 is 23.5 Å². The van der Waals surface area contributed by atoms with Gasteiger partial charge in [0.15, 0.2) is 6.61 Å². The largest absolute Gasteiger partial charge is 0.484 e. The van der Waals surface area contributed by atoms with Crippen molar-refractivity contribution in [1.82, 2.24) is 15.8 Å². The molecule has 2 N–H and O–H groups in total. The fraction of sp³-hybridized carbons (Fsp3) is 0.480. The lowest BCUT2D eigenvalue weighted by Gasteiger charge is -2.21. The van der Waals surface area contributed by atoms with Gasteiger partial charge in [0.25, 0.3) is 5.91 Å². The number of hydrazine groups is 1. The van der Waals surface area contributed by atoms with E-state index in [9.17, 15) is 9.18 Å². The minimum atomic E-state index is -0.215. The molecule has 2 saturated heterocycles. The van der Waals surface area contributed by atoms with E-state index in [1.54, 1.807) is 4.90 Å². The first-order valence-corrected chi connectivity index (χ1v) is 13.6.